The first-order valence-electron chi connectivity index (χ1n) is 4.60. The van der Waals surface area contributed by atoms with Gasteiger partial charge in [0.1, 0.15) is 0 Å². The number of carbonyl (C=O) groups excluding carboxylic acids is 1. The van der Waals surface area contributed by atoms with Crippen LogP contribution in [0.15, 0.2) is 24.3 Å². The van der Waals surface area contributed by atoms with Crippen LogP contribution >= 0.6 is 15.9 Å². The molecule has 0 bridgehead atoms. The van der Waals surface area contributed by atoms with E-state index in [2.05, 4.69) is 15.9 Å². The molecule has 0 aliphatic heterocycles. The van der Waals surface area contributed by atoms with Crippen molar-refractivity contribution in [2.75, 3.05) is 6.61 Å². The van der Waals surface area contributed by atoms with Crippen LogP contribution in [0.25, 0.3) is 0 Å². The molecule has 76 valence electrons. The normalized spacial score (nSPS) is 9.86. The highest BCUT2D eigenvalue weighted by molar-refractivity contribution is 9.08. The Morgan fingerprint density at radius 3 is 2.79 bits per heavy atom. The molecule has 0 amide bonds. The van der Waals surface area contributed by atoms with E-state index in [9.17, 15) is 4.79 Å². The van der Waals surface area contributed by atoms with Gasteiger partial charge in [-0.3, -0.25) is 0 Å². The molecule has 1 aromatic carbocycles. The predicted octanol–water partition coefficient (Wildman–Crippen LogP) is 3.15. The lowest BCUT2D eigenvalue weighted by molar-refractivity contribution is 0.0504. The van der Waals surface area contributed by atoms with E-state index in [0.29, 0.717) is 17.5 Å². The van der Waals surface area contributed by atoms with E-state index < -0.39 is 0 Å². The second-order valence-electron chi connectivity index (χ2n) is 2.93. The summed E-state index contributed by atoms with van der Waals surface area (Å²) in [6.45, 7) is 2.46. The summed E-state index contributed by atoms with van der Waals surface area (Å²) in [5.74, 6) is -0.234. The smallest absolute Gasteiger partial charge is 0.338 e. The highest BCUT2D eigenvalue weighted by atomic mass is 79.9. The van der Waals surface area contributed by atoms with E-state index in [1.54, 1.807) is 6.07 Å². The zero-order valence-corrected chi connectivity index (χ0v) is 9.71. The van der Waals surface area contributed by atoms with Crippen LogP contribution in [0, 0.1) is 0 Å². The third-order valence-corrected chi connectivity index (χ3v) is 2.42. The van der Waals surface area contributed by atoms with Gasteiger partial charge in [-0.25, -0.2) is 4.79 Å². The maximum Gasteiger partial charge on any atom is 0.338 e. The fourth-order valence-electron chi connectivity index (χ4n) is 1.11. The van der Waals surface area contributed by atoms with Gasteiger partial charge in [0, 0.05) is 5.33 Å². The maximum absolute atomic E-state index is 11.5. The summed E-state index contributed by atoms with van der Waals surface area (Å²) in [6.07, 6.45) is 0.849. The molecule has 0 N–H and O–H groups in total. The zero-order valence-electron chi connectivity index (χ0n) is 8.13. The third kappa shape index (κ3) is 2.84. The van der Waals surface area contributed by atoms with Gasteiger partial charge in [0.25, 0.3) is 0 Å². The van der Waals surface area contributed by atoms with Crippen molar-refractivity contribution < 1.29 is 9.53 Å². The van der Waals surface area contributed by atoms with E-state index in [1.807, 2.05) is 25.1 Å². The molecule has 0 heterocycles. The summed E-state index contributed by atoms with van der Waals surface area (Å²) in [6, 6.07) is 7.45. The van der Waals surface area contributed by atoms with E-state index in [4.69, 9.17) is 4.74 Å². The van der Waals surface area contributed by atoms with Crippen LogP contribution in [0.1, 0.15) is 29.3 Å². The van der Waals surface area contributed by atoms with Crippen LogP contribution in [-0.2, 0) is 10.1 Å². The molecule has 1 rings (SSSR count). The molecule has 14 heavy (non-hydrogen) atoms. The Balaban J connectivity index is 2.78. The SMILES string of the molecule is CCCOC(=O)c1ccccc1CBr. The van der Waals surface area contributed by atoms with Gasteiger partial charge in [-0.05, 0) is 18.1 Å². The predicted molar refractivity (Wildman–Crippen MR) is 59.6 cm³/mol. The van der Waals surface area contributed by atoms with Gasteiger partial charge in [0.15, 0.2) is 0 Å². The Bertz CT molecular complexity index is 310. The lowest BCUT2D eigenvalue weighted by atomic mass is 10.1. The van der Waals surface area contributed by atoms with Crippen LogP contribution < -0.4 is 0 Å². The van der Waals surface area contributed by atoms with Gasteiger partial charge in [0.05, 0.1) is 12.2 Å². The van der Waals surface area contributed by atoms with Crippen LogP contribution in [0.3, 0.4) is 0 Å². The number of benzene rings is 1. The summed E-state index contributed by atoms with van der Waals surface area (Å²) < 4.78 is 5.06. The molecule has 2 nitrogen and oxygen atoms in total. The Kier molecular flexibility index (Phi) is 4.66. The molecule has 0 saturated carbocycles. The summed E-state index contributed by atoms with van der Waals surface area (Å²) in [5, 5.41) is 0.671. The molecule has 1 aromatic rings. The van der Waals surface area contributed by atoms with Crippen molar-refractivity contribution in [3.63, 3.8) is 0 Å². The topological polar surface area (TPSA) is 26.3 Å². The van der Waals surface area contributed by atoms with E-state index >= 15 is 0 Å². The van der Waals surface area contributed by atoms with Crippen molar-refractivity contribution in [2.24, 2.45) is 0 Å². The van der Waals surface area contributed by atoms with E-state index in [-0.39, 0.29) is 5.97 Å². The minimum Gasteiger partial charge on any atom is -0.462 e. The summed E-state index contributed by atoms with van der Waals surface area (Å²) in [7, 11) is 0. The van der Waals surface area contributed by atoms with Crippen LogP contribution in [0.5, 0.6) is 0 Å². The monoisotopic (exact) mass is 256 g/mol. The number of hydrogen-bond donors (Lipinski definition) is 0. The molecular formula is C11H13BrO2. The highest BCUT2D eigenvalue weighted by Gasteiger charge is 2.10. The van der Waals surface area contributed by atoms with Crippen molar-refractivity contribution in [3.05, 3.63) is 35.4 Å². The average Bonchev–Trinajstić information content (AvgIpc) is 2.25. The molecular weight excluding hydrogens is 244 g/mol. The zero-order chi connectivity index (χ0) is 10.4. The molecule has 0 fully saturated rings. The largest absolute Gasteiger partial charge is 0.462 e. The molecule has 0 radical (unpaired) electrons. The van der Waals surface area contributed by atoms with Crippen molar-refractivity contribution in [1.29, 1.82) is 0 Å². The van der Waals surface area contributed by atoms with Crippen molar-refractivity contribution in [1.82, 2.24) is 0 Å². The quantitative estimate of drug-likeness (QED) is 0.611. The average molecular weight is 257 g/mol. The van der Waals surface area contributed by atoms with E-state index in [0.717, 1.165) is 12.0 Å². The first-order chi connectivity index (χ1) is 6.79. The van der Waals surface area contributed by atoms with Crippen LogP contribution in [0.4, 0.5) is 0 Å². The van der Waals surface area contributed by atoms with Gasteiger partial charge >= 0.3 is 5.97 Å². The number of alkyl halides is 1. The second kappa shape index (κ2) is 5.81. The van der Waals surface area contributed by atoms with Gasteiger partial charge in [0.2, 0.25) is 0 Å². The number of ether oxygens (including phenoxy) is 1. The molecule has 0 aliphatic rings. The van der Waals surface area contributed by atoms with Crippen molar-refractivity contribution >= 4 is 21.9 Å². The Hall–Kier alpha value is -0.830. The molecule has 0 aromatic heterocycles. The van der Waals surface area contributed by atoms with Gasteiger partial charge < -0.3 is 4.74 Å². The first-order valence-corrected chi connectivity index (χ1v) is 5.72. The summed E-state index contributed by atoms with van der Waals surface area (Å²) in [5.41, 5.74) is 1.62. The molecule has 0 aliphatic carbocycles. The highest BCUT2D eigenvalue weighted by Crippen LogP contribution is 2.13. The third-order valence-electron chi connectivity index (χ3n) is 1.82. The molecule has 3 heteroatoms. The van der Waals surface area contributed by atoms with Crippen molar-refractivity contribution in [3.8, 4) is 0 Å². The van der Waals surface area contributed by atoms with Gasteiger partial charge in [-0.2, -0.15) is 0 Å². The molecule has 0 saturated heterocycles. The fraction of sp³-hybridized carbons (Fsp3) is 0.364. The van der Waals surface area contributed by atoms with E-state index in [1.165, 1.54) is 0 Å². The lowest BCUT2D eigenvalue weighted by Crippen LogP contribution is -2.08. The van der Waals surface area contributed by atoms with Crippen molar-refractivity contribution in [2.45, 2.75) is 18.7 Å². The number of carbonyl (C=O) groups is 1. The van der Waals surface area contributed by atoms with Crippen LogP contribution in [0.2, 0.25) is 0 Å². The molecule has 0 atom stereocenters. The minimum atomic E-state index is -0.234. The molecule has 0 spiro atoms. The maximum atomic E-state index is 11.5. The summed E-state index contributed by atoms with van der Waals surface area (Å²) in [4.78, 5) is 11.5. The number of rotatable bonds is 4. The Morgan fingerprint density at radius 1 is 1.43 bits per heavy atom. The second-order valence-corrected chi connectivity index (χ2v) is 3.49. The first kappa shape index (κ1) is 11.2. The van der Waals surface area contributed by atoms with Crippen LogP contribution in [-0.4, -0.2) is 12.6 Å². The number of hydrogen-bond acceptors (Lipinski definition) is 2. The fourth-order valence-corrected chi connectivity index (χ4v) is 1.60. The Morgan fingerprint density at radius 2 is 2.14 bits per heavy atom. The number of esters is 1. The standard InChI is InChI=1S/C11H13BrO2/c1-2-7-14-11(13)10-6-4-3-5-9(10)8-12/h3-6H,2,7-8H2,1H3. The van der Waals surface area contributed by atoms with Gasteiger partial charge in [-0.1, -0.05) is 41.1 Å². The Labute approximate surface area is 92.4 Å². The minimum absolute atomic E-state index is 0.234. The van der Waals surface area contributed by atoms with Gasteiger partial charge in [-0.15, -0.1) is 0 Å². The lowest BCUT2D eigenvalue weighted by Gasteiger charge is -2.06. The molecule has 0 unspecified atom stereocenters. The number of halogens is 1. The summed E-state index contributed by atoms with van der Waals surface area (Å²) >= 11 is 3.34.